The van der Waals surface area contributed by atoms with Crippen LogP contribution in [0, 0.1) is 6.92 Å². The lowest BCUT2D eigenvalue weighted by molar-refractivity contribution is -0.116. The number of anilines is 1. The van der Waals surface area contributed by atoms with Crippen molar-refractivity contribution in [2.45, 2.75) is 28.4 Å². The third-order valence-electron chi connectivity index (χ3n) is 3.70. The van der Waals surface area contributed by atoms with Crippen LogP contribution in [0.4, 0.5) is 5.69 Å². The first kappa shape index (κ1) is 16.9. The number of carbonyl (C=O) groups excluding carboxylic acids is 2. The summed E-state index contributed by atoms with van der Waals surface area (Å²) in [6.45, 7) is 2.06. The number of benzene rings is 2. The van der Waals surface area contributed by atoms with E-state index >= 15 is 0 Å². The Balaban J connectivity index is 1.69. The number of amides is 2. The highest BCUT2D eigenvalue weighted by molar-refractivity contribution is 8.01. The molecule has 2 amide bonds. The summed E-state index contributed by atoms with van der Waals surface area (Å²) in [4.78, 5) is 25.6. The second kappa shape index (κ2) is 7.32. The molecule has 1 heterocycles. The van der Waals surface area contributed by atoms with Crippen molar-refractivity contribution in [3.8, 4) is 0 Å². The number of rotatable bonds is 5. The average Bonchev–Trinajstić information content (AvgIpc) is 2.97. The zero-order chi connectivity index (χ0) is 17.1. The van der Waals surface area contributed by atoms with E-state index in [1.807, 2.05) is 24.3 Å². The van der Waals surface area contributed by atoms with Crippen LogP contribution in [0.1, 0.15) is 11.1 Å². The molecule has 2 aromatic carbocycles. The van der Waals surface area contributed by atoms with Crippen molar-refractivity contribution in [2.24, 2.45) is 5.73 Å². The highest BCUT2D eigenvalue weighted by Crippen LogP contribution is 2.38. The lowest BCUT2D eigenvalue weighted by Crippen LogP contribution is -2.25. The van der Waals surface area contributed by atoms with Crippen LogP contribution in [0.5, 0.6) is 0 Å². The van der Waals surface area contributed by atoms with Crippen molar-refractivity contribution in [3.63, 3.8) is 0 Å². The van der Waals surface area contributed by atoms with Crippen LogP contribution in [0.2, 0.25) is 0 Å². The third-order valence-corrected chi connectivity index (χ3v) is 6.10. The molecular formula is C18H18N2O2S2. The number of thioether (sulfide) groups is 2. The molecule has 3 rings (SSSR count). The zero-order valence-electron chi connectivity index (χ0n) is 13.2. The molecule has 1 atom stereocenters. The molecule has 3 N–H and O–H groups in total. The number of carbonyl (C=O) groups is 2. The van der Waals surface area contributed by atoms with Crippen LogP contribution in [0.3, 0.4) is 0 Å². The molecule has 6 heteroatoms. The molecular weight excluding hydrogens is 340 g/mol. The summed E-state index contributed by atoms with van der Waals surface area (Å²) in [6.07, 6.45) is 0.739. The van der Waals surface area contributed by atoms with Gasteiger partial charge in [-0.1, -0.05) is 29.8 Å². The highest BCUT2D eigenvalue weighted by atomic mass is 32.2. The van der Waals surface area contributed by atoms with E-state index in [2.05, 4.69) is 30.4 Å². The summed E-state index contributed by atoms with van der Waals surface area (Å²) in [6, 6.07) is 13.8. The minimum atomic E-state index is -0.377. The molecule has 0 saturated carbocycles. The van der Waals surface area contributed by atoms with Crippen LogP contribution in [0.15, 0.2) is 52.3 Å². The Bertz CT molecular complexity index is 792. The molecule has 1 aliphatic rings. The predicted octanol–water partition coefficient (Wildman–Crippen LogP) is 3.23. The topological polar surface area (TPSA) is 72.2 Å². The minimum absolute atomic E-state index is 0.0130. The Morgan fingerprint density at radius 2 is 2.08 bits per heavy atom. The van der Waals surface area contributed by atoms with Gasteiger partial charge in [0.2, 0.25) is 11.8 Å². The fraction of sp³-hybridized carbons (Fsp3) is 0.222. The second-order valence-corrected chi connectivity index (χ2v) is 7.92. The summed E-state index contributed by atoms with van der Waals surface area (Å²) in [7, 11) is 0. The summed E-state index contributed by atoms with van der Waals surface area (Å²) in [5.74, 6) is -0.199. The van der Waals surface area contributed by atoms with Crippen molar-refractivity contribution in [1.29, 1.82) is 0 Å². The van der Waals surface area contributed by atoms with Crippen molar-refractivity contribution >= 4 is 41.0 Å². The molecule has 0 aliphatic carbocycles. The number of primary amides is 1. The van der Waals surface area contributed by atoms with Crippen LogP contribution in [-0.4, -0.2) is 22.8 Å². The number of hydrogen-bond donors (Lipinski definition) is 2. The van der Waals surface area contributed by atoms with Gasteiger partial charge in [-0.2, -0.15) is 0 Å². The summed E-state index contributed by atoms with van der Waals surface area (Å²) in [5.41, 5.74) is 8.35. The van der Waals surface area contributed by atoms with E-state index in [-0.39, 0.29) is 22.8 Å². The van der Waals surface area contributed by atoms with E-state index in [1.54, 1.807) is 11.8 Å². The Morgan fingerprint density at radius 1 is 1.29 bits per heavy atom. The Kier molecular flexibility index (Phi) is 5.16. The molecule has 0 radical (unpaired) electrons. The largest absolute Gasteiger partial charge is 0.369 e. The molecule has 0 bridgehead atoms. The first-order valence-corrected chi connectivity index (χ1v) is 9.46. The highest BCUT2D eigenvalue weighted by Gasteiger charge is 2.28. The van der Waals surface area contributed by atoms with Gasteiger partial charge in [-0.05, 0) is 37.1 Å². The minimum Gasteiger partial charge on any atom is -0.369 e. The lowest BCUT2D eigenvalue weighted by Gasteiger charge is -2.13. The third kappa shape index (κ3) is 3.94. The van der Waals surface area contributed by atoms with Crippen molar-refractivity contribution in [3.05, 3.63) is 53.6 Å². The molecule has 0 fully saturated rings. The van der Waals surface area contributed by atoms with Gasteiger partial charge in [0.1, 0.15) is 0 Å². The Labute approximate surface area is 149 Å². The van der Waals surface area contributed by atoms with Crippen molar-refractivity contribution in [2.75, 3.05) is 11.1 Å². The van der Waals surface area contributed by atoms with Gasteiger partial charge in [0.15, 0.2) is 0 Å². The monoisotopic (exact) mass is 358 g/mol. The molecule has 4 nitrogen and oxygen atoms in total. The standard InChI is InChI=1S/C18H18N2O2S2/c1-11-6-7-12-9-16(24-15(12)8-11)18(22)20-13-4-2-3-5-14(13)23-10-17(19)21/h2-8,16H,9-10H2,1H3,(H2,19,21)(H,20,22)/t16-/m1/s1. The van der Waals surface area contributed by atoms with E-state index in [0.717, 1.165) is 17.0 Å². The van der Waals surface area contributed by atoms with Gasteiger partial charge in [0.25, 0.3) is 0 Å². The van der Waals surface area contributed by atoms with Gasteiger partial charge in [-0.25, -0.2) is 0 Å². The molecule has 2 aromatic rings. The van der Waals surface area contributed by atoms with Gasteiger partial charge in [-0.15, -0.1) is 23.5 Å². The average molecular weight is 358 g/mol. The van der Waals surface area contributed by atoms with Crippen LogP contribution in [0.25, 0.3) is 0 Å². The Morgan fingerprint density at radius 3 is 2.88 bits per heavy atom. The lowest BCUT2D eigenvalue weighted by atomic mass is 10.1. The van der Waals surface area contributed by atoms with Gasteiger partial charge < -0.3 is 11.1 Å². The number of nitrogens with one attached hydrogen (secondary N) is 1. The maximum absolute atomic E-state index is 12.6. The number of hydrogen-bond acceptors (Lipinski definition) is 4. The molecule has 124 valence electrons. The maximum atomic E-state index is 12.6. The molecule has 0 aromatic heterocycles. The quantitative estimate of drug-likeness (QED) is 0.805. The fourth-order valence-corrected chi connectivity index (χ4v) is 4.58. The molecule has 0 saturated heterocycles. The van der Waals surface area contributed by atoms with Gasteiger partial charge >= 0.3 is 0 Å². The van der Waals surface area contributed by atoms with E-state index in [9.17, 15) is 9.59 Å². The van der Waals surface area contributed by atoms with Crippen LogP contribution in [-0.2, 0) is 16.0 Å². The molecule has 24 heavy (non-hydrogen) atoms. The summed E-state index contributed by atoms with van der Waals surface area (Å²) in [5, 5.41) is 2.86. The number of para-hydroxylation sites is 1. The van der Waals surface area contributed by atoms with Crippen LogP contribution < -0.4 is 11.1 Å². The van der Waals surface area contributed by atoms with Gasteiger partial charge in [0.05, 0.1) is 16.7 Å². The SMILES string of the molecule is Cc1ccc2c(c1)S[C@@H](C(=O)Nc1ccccc1SCC(N)=O)C2. The Hall–Kier alpha value is -1.92. The second-order valence-electron chi connectivity index (χ2n) is 5.66. The summed E-state index contributed by atoms with van der Waals surface area (Å²) >= 11 is 2.94. The van der Waals surface area contributed by atoms with E-state index in [0.29, 0.717) is 0 Å². The van der Waals surface area contributed by atoms with Crippen molar-refractivity contribution < 1.29 is 9.59 Å². The molecule has 0 unspecified atom stereocenters. The van der Waals surface area contributed by atoms with E-state index in [4.69, 9.17) is 5.73 Å². The number of aryl methyl sites for hydroxylation is 1. The van der Waals surface area contributed by atoms with Gasteiger partial charge in [-0.3, -0.25) is 9.59 Å². The first-order valence-electron chi connectivity index (χ1n) is 7.60. The summed E-state index contributed by atoms with van der Waals surface area (Å²) < 4.78 is 0. The number of nitrogens with two attached hydrogens (primary N) is 1. The fourth-order valence-electron chi connectivity index (χ4n) is 2.54. The van der Waals surface area contributed by atoms with E-state index < -0.39 is 0 Å². The zero-order valence-corrected chi connectivity index (χ0v) is 14.9. The predicted molar refractivity (Wildman–Crippen MR) is 99.5 cm³/mol. The maximum Gasteiger partial charge on any atom is 0.238 e. The smallest absolute Gasteiger partial charge is 0.238 e. The van der Waals surface area contributed by atoms with Crippen molar-refractivity contribution in [1.82, 2.24) is 0 Å². The number of fused-ring (bicyclic) bond motifs is 1. The van der Waals surface area contributed by atoms with E-state index in [1.165, 1.54) is 27.8 Å². The molecule has 0 spiro atoms. The molecule has 1 aliphatic heterocycles. The van der Waals surface area contributed by atoms with Gasteiger partial charge in [0, 0.05) is 9.79 Å². The normalized spacial score (nSPS) is 15.8. The first-order chi connectivity index (χ1) is 11.5. The van der Waals surface area contributed by atoms with Crippen LogP contribution >= 0.6 is 23.5 Å².